The van der Waals surface area contributed by atoms with Crippen molar-refractivity contribution in [2.45, 2.75) is 6.92 Å². The molecule has 3 rings (SSSR count). The number of hydrogen-bond donors (Lipinski definition) is 0. The van der Waals surface area contributed by atoms with Crippen LogP contribution in [-0.2, 0) is 4.74 Å². The van der Waals surface area contributed by atoms with Gasteiger partial charge in [0.25, 0.3) is 0 Å². The lowest BCUT2D eigenvalue weighted by Gasteiger charge is -2.10. The van der Waals surface area contributed by atoms with Crippen molar-refractivity contribution in [3.63, 3.8) is 0 Å². The Balaban J connectivity index is 2.31. The van der Waals surface area contributed by atoms with Crippen LogP contribution in [-0.4, -0.2) is 18.1 Å². The Morgan fingerprint density at radius 2 is 1.96 bits per heavy atom. The predicted molar refractivity (Wildman–Crippen MR) is 88.2 cm³/mol. The topological polar surface area (TPSA) is 39.2 Å². The number of aryl methyl sites for hydroxylation is 1. The molecule has 0 amide bonds. The summed E-state index contributed by atoms with van der Waals surface area (Å²) in [5.74, 6) is -0.841. The quantitative estimate of drug-likeness (QED) is 0.634. The van der Waals surface area contributed by atoms with Crippen LogP contribution in [0.25, 0.3) is 22.0 Å². The van der Waals surface area contributed by atoms with Gasteiger partial charge in [0.2, 0.25) is 0 Å². The van der Waals surface area contributed by atoms with Crippen LogP contribution >= 0.6 is 11.6 Å². The van der Waals surface area contributed by atoms with Gasteiger partial charge in [0.15, 0.2) is 0 Å². The number of benzene rings is 2. The van der Waals surface area contributed by atoms with Crippen LogP contribution in [0.3, 0.4) is 0 Å². The molecule has 3 nitrogen and oxygen atoms in total. The number of carbonyl (C=O) groups is 1. The fourth-order valence-corrected chi connectivity index (χ4v) is 2.69. The molecule has 0 saturated carbocycles. The smallest absolute Gasteiger partial charge is 0.337 e. The van der Waals surface area contributed by atoms with Crippen LogP contribution in [0.15, 0.2) is 42.6 Å². The van der Waals surface area contributed by atoms with Crippen LogP contribution in [0, 0.1) is 12.7 Å². The van der Waals surface area contributed by atoms with E-state index in [9.17, 15) is 9.18 Å². The van der Waals surface area contributed by atoms with E-state index < -0.39 is 5.97 Å². The first-order chi connectivity index (χ1) is 11.0. The maximum Gasteiger partial charge on any atom is 0.337 e. The Morgan fingerprint density at radius 3 is 2.65 bits per heavy atom. The normalized spacial score (nSPS) is 10.8. The summed E-state index contributed by atoms with van der Waals surface area (Å²) in [6.45, 7) is 1.82. The number of carbonyl (C=O) groups excluding carboxylic acids is 1. The molecule has 116 valence electrons. The molecular weight excluding hydrogens is 317 g/mol. The predicted octanol–water partition coefficient (Wildman–Crippen LogP) is 4.79. The molecular formula is C18H13ClFNO2. The van der Waals surface area contributed by atoms with Crippen LogP contribution in [0.4, 0.5) is 4.39 Å². The van der Waals surface area contributed by atoms with E-state index in [-0.39, 0.29) is 5.82 Å². The monoisotopic (exact) mass is 329 g/mol. The van der Waals surface area contributed by atoms with Gasteiger partial charge in [-0.2, -0.15) is 0 Å². The van der Waals surface area contributed by atoms with Crippen LogP contribution < -0.4 is 0 Å². The molecule has 0 N–H and O–H groups in total. The van der Waals surface area contributed by atoms with Gasteiger partial charge < -0.3 is 4.74 Å². The number of halogens is 2. The fraction of sp³-hybridized carbons (Fsp3) is 0.111. The minimum absolute atomic E-state index is 0.359. The van der Waals surface area contributed by atoms with Gasteiger partial charge in [-0.05, 0) is 36.8 Å². The molecule has 0 unspecified atom stereocenters. The number of methoxy groups -OCH3 is 1. The maximum atomic E-state index is 14.3. The second kappa shape index (κ2) is 5.97. The first-order valence-corrected chi connectivity index (χ1v) is 7.32. The highest BCUT2D eigenvalue weighted by Crippen LogP contribution is 2.33. The van der Waals surface area contributed by atoms with E-state index in [0.29, 0.717) is 32.6 Å². The van der Waals surface area contributed by atoms with Crippen molar-refractivity contribution in [1.29, 1.82) is 0 Å². The van der Waals surface area contributed by atoms with Crippen molar-refractivity contribution in [3.05, 3.63) is 64.6 Å². The summed E-state index contributed by atoms with van der Waals surface area (Å²) in [5, 5.41) is 1.74. The molecule has 0 fully saturated rings. The highest BCUT2D eigenvalue weighted by atomic mass is 35.5. The van der Waals surface area contributed by atoms with E-state index in [1.54, 1.807) is 24.3 Å². The number of pyridine rings is 1. The number of ether oxygens (including phenoxy) is 1. The Labute approximate surface area is 137 Å². The average Bonchev–Trinajstić information content (AvgIpc) is 2.55. The molecule has 0 aliphatic heterocycles. The SMILES string of the molecule is COC(=O)c1ccc2c(Cl)cnc(-c3ccc(C)cc3F)c2c1. The van der Waals surface area contributed by atoms with E-state index in [4.69, 9.17) is 16.3 Å². The van der Waals surface area contributed by atoms with Crippen molar-refractivity contribution in [2.24, 2.45) is 0 Å². The van der Waals surface area contributed by atoms with Gasteiger partial charge >= 0.3 is 5.97 Å². The molecule has 5 heteroatoms. The highest BCUT2D eigenvalue weighted by molar-refractivity contribution is 6.35. The lowest BCUT2D eigenvalue weighted by molar-refractivity contribution is 0.0601. The van der Waals surface area contributed by atoms with Gasteiger partial charge in [0.05, 0.1) is 23.4 Å². The summed E-state index contributed by atoms with van der Waals surface area (Å²) < 4.78 is 19.1. The molecule has 0 aliphatic carbocycles. The van der Waals surface area contributed by atoms with Gasteiger partial charge in [-0.3, -0.25) is 4.98 Å². The lowest BCUT2D eigenvalue weighted by atomic mass is 10.0. The van der Waals surface area contributed by atoms with E-state index in [1.165, 1.54) is 19.4 Å². The first kappa shape index (κ1) is 15.4. The van der Waals surface area contributed by atoms with Gasteiger partial charge in [-0.25, -0.2) is 9.18 Å². The number of nitrogens with zero attached hydrogens (tertiary/aromatic N) is 1. The second-order valence-corrected chi connectivity index (χ2v) is 5.60. The minimum atomic E-state index is -0.470. The van der Waals surface area contributed by atoms with Crippen LogP contribution in [0.5, 0.6) is 0 Å². The largest absolute Gasteiger partial charge is 0.465 e. The molecule has 0 bridgehead atoms. The molecule has 23 heavy (non-hydrogen) atoms. The Kier molecular flexibility index (Phi) is 4.01. The number of esters is 1. The van der Waals surface area contributed by atoms with Crippen LogP contribution in [0.1, 0.15) is 15.9 Å². The molecule has 0 spiro atoms. The van der Waals surface area contributed by atoms with Crippen molar-refractivity contribution in [3.8, 4) is 11.3 Å². The Bertz CT molecular complexity index is 924. The standard InChI is InChI=1S/C18H13ClFNO2/c1-10-3-5-13(16(20)7-10)17-14-8-11(18(22)23-2)4-6-12(14)15(19)9-21-17/h3-9H,1-2H3. The summed E-state index contributed by atoms with van der Waals surface area (Å²) in [7, 11) is 1.31. The summed E-state index contributed by atoms with van der Waals surface area (Å²) in [5.41, 5.74) is 1.98. The zero-order valence-corrected chi connectivity index (χ0v) is 13.3. The maximum absolute atomic E-state index is 14.3. The first-order valence-electron chi connectivity index (χ1n) is 6.94. The third-order valence-electron chi connectivity index (χ3n) is 3.64. The number of hydrogen-bond acceptors (Lipinski definition) is 3. The van der Waals surface area contributed by atoms with E-state index >= 15 is 0 Å². The van der Waals surface area contributed by atoms with E-state index in [1.807, 2.05) is 13.0 Å². The second-order valence-electron chi connectivity index (χ2n) is 5.19. The number of rotatable bonds is 2. The van der Waals surface area contributed by atoms with Gasteiger partial charge in [-0.1, -0.05) is 23.7 Å². The van der Waals surface area contributed by atoms with Gasteiger partial charge in [0.1, 0.15) is 5.82 Å². The third kappa shape index (κ3) is 2.78. The zero-order chi connectivity index (χ0) is 16.6. The molecule has 0 radical (unpaired) electrons. The zero-order valence-electron chi connectivity index (χ0n) is 12.6. The number of aromatic nitrogens is 1. The Hall–Kier alpha value is -2.46. The summed E-state index contributed by atoms with van der Waals surface area (Å²) in [6, 6.07) is 9.88. The van der Waals surface area contributed by atoms with Crippen molar-refractivity contribution < 1.29 is 13.9 Å². The molecule has 3 aromatic rings. The third-order valence-corrected chi connectivity index (χ3v) is 3.94. The molecule has 0 atom stereocenters. The van der Waals surface area contributed by atoms with E-state index in [2.05, 4.69) is 4.98 Å². The van der Waals surface area contributed by atoms with E-state index in [0.717, 1.165) is 5.56 Å². The summed E-state index contributed by atoms with van der Waals surface area (Å²) >= 11 is 6.17. The summed E-state index contributed by atoms with van der Waals surface area (Å²) in [4.78, 5) is 16.0. The molecule has 0 aliphatic rings. The molecule has 0 saturated heterocycles. The van der Waals surface area contributed by atoms with Gasteiger partial charge in [0, 0.05) is 22.5 Å². The average molecular weight is 330 g/mol. The van der Waals surface area contributed by atoms with Crippen molar-refractivity contribution in [1.82, 2.24) is 4.98 Å². The lowest BCUT2D eigenvalue weighted by Crippen LogP contribution is -2.01. The molecule has 1 aromatic heterocycles. The minimum Gasteiger partial charge on any atom is -0.465 e. The molecule has 2 aromatic carbocycles. The highest BCUT2D eigenvalue weighted by Gasteiger charge is 2.15. The number of fused-ring (bicyclic) bond motifs is 1. The van der Waals surface area contributed by atoms with Crippen molar-refractivity contribution >= 4 is 28.3 Å². The summed E-state index contributed by atoms with van der Waals surface area (Å²) in [6.07, 6.45) is 1.48. The molecule has 1 heterocycles. The van der Waals surface area contributed by atoms with Crippen molar-refractivity contribution in [2.75, 3.05) is 7.11 Å². The Morgan fingerprint density at radius 1 is 1.17 bits per heavy atom. The van der Waals surface area contributed by atoms with Crippen LogP contribution in [0.2, 0.25) is 5.02 Å². The van der Waals surface area contributed by atoms with Gasteiger partial charge in [-0.15, -0.1) is 0 Å². The fourth-order valence-electron chi connectivity index (χ4n) is 2.48.